The fourth-order valence-corrected chi connectivity index (χ4v) is 1.73. The Kier molecular flexibility index (Phi) is 3.95. The quantitative estimate of drug-likeness (QED) is 0.647. The van der Waals surface area contributed by atoms with Crippen molar-refractivity contribution in [1.82, 2.24) is 0 Å². The first-order valence-corrected chi connectivity index (χ1v) is 5.68. The number of rotatable bonds is 3. The second kappa shape index (κ2) is 5.48. The minimum atomic E-state index is -1.57. The van der Waals surface area contributed by atoms with Crippen LogP contribution in [0, 0.1) is 23.3 Å². The molecule has 0 heterocycles. The first kappa shape index (κ1) is 13.7. The van der Waals surface area contributed by atoms with Crippen LogP contribution in [0.3, 0.4) is 0 Å². The van der Waals surface area contributed by atoms with Gasteiger partial charge in [0, 0.05) is 17.1 Å². The van der Waals surface area contributed by atoms with Gasteiger partial charge < -0.3 is 5.32 Å². The summed E-state index contributed by atoms with van der Waals surface area (Å²) in [7, 11) is 0. The number of hydrogen-bond donors (Lipinski definition) is 1. The van der Waals surface area contributed by atoms with Gasteiger partial charge in [-0.1, -0.05) is 11.6 Å². The van der Waals surface area contributed by atoms with Gasteiger partial charge in [0.15, 0.2) is 17.5 Å². The molecule has 2 aromatic carbocycles. The fraction of sp³-hybridized carbons (Fsp3) is 0.0769. The van der Waals surface area contributed by atoms with Gasteiger partial charge in [0.1, 0.15) is 5.82 Å². The van der Waals surface area contributed by atoms with Crippen molar-refractivity contribution in [3.8, 4) is 0 Å². The molecule has 2 aromatic rings. The van der Waals surface area contributed by atoms with E-state index in [1.54, 1.807) is 0 Å². The Morgan fingerprint density at radius 2 is 1.58 bits per heavy atom. The SMILES string of the molecule is Fc1ccc(Cl)cc1CNc1ccc(F)c(F)c1F. The number of benzene rings is 2. The summed E-state index contributed by atoms with van der Waals surface area (Å²) in [5.74, 6) is -4.73. The van der Waals surface area contributed by atoms with E-state index in [9.17, 15) is 17.6 Å². The summed E-state index contributed by atoms with van der Waals surface area (Å²) < 4.78 is 52.4. The second-order valence-electron chi connectivity index (χ2n) is 3.81. The second-order valence-corrected chi connectivity index (χ2v) is 4.25. The first-order valence-electron chi connectivity index (χ1n) is 5.30. The molecular weight excluding hydrogens is 282 g/mol. The standard InChI is InChI=1S/C13H8ClF4N/c14-8-1-2-9(15)7(5-8)6-19-11-4-3-10(16)12(17)13(11)18/h1-5,19H,6H2. The lowest BCUT2D eigenvalue weighted by Gasteiger charge is -2.09. The minimum Gasteiger partial charge on any atom is -0.378 e. The molecule has 0 aliphatic heterocycles. The van der Waals surface area contributed by atoms with E-state index in [0.29, 0.717) is 5.02 Å². The van der Waals surface area contributed by atoms with Gasteiger partial charge in [-0.3, -0.25) is 0 Å². The average Bonchev–Trinajstić information content (AvgIpc) is 2.39. The van der Waals surface area contributed by atoms with Gasteiger partial charge in [-0.25, -0.2) is 17.6 Å². The molecule has 0 amide bonds. The van der Waals surface area contributed by atoms with E-state index in [4.69, 9.17) is 11.6 Å². The topological polar surface area (TPSA) is 12.0 Å². The number of anilines is 1. The summed E-state index contributed by atoms with van der Waals surface area (Å²) in [4.78, 5) is 0. The van der Waals surface area contributed by atoms with E-state index in [0.717, 1.165) is 12.1 Å². The van der Waals surface area contributed by atoms with E-state index in [1.807, 2.05) is 0 Å². The molecule has 0 aliphatic rings. The van der Waals surface area contributed by atoms with Gasteiger partial charge in [-0.15, -0.1) is 0 Å². The molecular formula is C13H8ClF4N. The largest absolute Gasteiger partial charge is 0.378 e. The lowest BCUT2D eigenvalue weighted by molar-refractivity contribution is 0.449. The molecule has 0 aromatic heterocycles. The molecule has 0 spiro atoms. The van der Waals surface area contributed by atoms with Crippen LogP contribution in [0.4, 0.5) is 23.2 Å². The van der Waals surface area contributed by atoms with E-state index in [1.165, 1.54) is 18.2 Å². The number of nitrogens with one attached hydrogen (secondary N) is 1. The zero-order valence-corrected chi connectivity index (χ0v) is 10.2. The highest BCUT2D eigenvalue weighted by Gasteiger charge is 2.13. The third kappa shape index (κ3) is 2.98. The summed E-state index contributed by atoms with van der Waals surface area (Å²) in [5.41, 5.74) is -0.0603. The van der Waals surface area contributed by atoms with Gasteiger partial charge in [0.2, 0.25) is 0 Å². The lowest BCUT2D eigenvalue weighted by atomic mass is 10.2. The van der Waals surface area contributed by atoms with Gasteiger partial charge in [-0.05, 0) is 30.3 Å². The van der Waals surface area contributed by atoms with Crippen LogP contribution in [0.25, 0.3) is 0 Å². The van der Waals surface area contributed by atoms with Crippen LogP contribution in [0.2, 0.25) is 5.02 Å². The van der Waals surface area contributed by atoms with Crippen LogP contribution in [-0.4, -0.2) is 0 Å². The summed E-state index contributed by atoms with van der Waals surface area (Å²) in [6, 6.07) is 5.73. The summed E-state index contributed by atoms with van der Waals surface area (Å²) in [6.45, 7) is -0.103. The maximum Gasteiger partial charge on any atom is 0.196 e. The van der Waals surface area contributed by atoms with Crippen LogP contribution in [0.5, 0.6) is 0 Å². The van der Waals surface area contributed by atoms with Crippen molar-refractivity contribution in [1.29, 1.82) is 0 Å². The molecule has 1 N–H and O–H groups in total. The Morgan fingerprint density at radius 3 is 2.32 bits per heavy atom. The summed E-state index contributed by atoms with van der Waals surface area (Å²) in [6.07, 6.45) is 0. The zero-order valence-electron chi connectivity index (χ0n) is 9.48. The summed E-state index contributed by atoms with van der Waals surface area (Å²) in [5, 5.41) is 2.81. The monoisotopic (exact) mass is 289 g/mol. The highest BCUT2D eigenvalue weighted by Crippen LogP contribution is 2.21. The number of halogens is 5. The van der Waals surface area contributed by atoms with Crippen molar-refractivity contribution >= 4 is 17.3 Å². The maximum atomic E-state index is 13.4. The van der Waals surface area contributed by atoms with Crippen molar-refractivity contribution in [2.24, 2.45) is 0 Å². The van der Waals surface area contributed by atoms with Crippen LogP contribution in [0.1, 0.15) is 5.56 Å². The van der Waals surface area contributed by atoms with Crippen molar-refractivity contribution < 1.29 is 17.6 Å². The Labute approximate surface area is 111 Å². The van der Waals surface area contributed by atoms with Crippen LogP contribution < -0.4 is 5.32 Å². The molecule has 19 heavy (non-hydrogen) atoms. The van der Waals surface area contributed by atoms with Gasteiger partial charge >= 0.3 is 0 Å². The minimum absolute atomic E-state index is 0.103. The zero-order chi connectivity index (χ0) is 14.0. The Morgan fingerprint density at radius 1 is 0.895 bits per heavy atom. The Bertz CT molecular complexity index is 616. The molecule has 6 heteroatoms. The van der Waals surface area contributed by atoms with Crippen molar-refractivity contribution in [3.63, 3.8) is 0 Å². The first-order chi connectivity index (χ1) is 8.99. The molecule has 0 saturated heterocycles. The molecule has 0 saturated carbocycles. The molecule has 0 atom stereocenters. The van der Waals surface area contributed by atoms with E-state index in [-0.39, 0.29) is 17.8 Å². The molecule has 0 aliphatic carbocycles. The van der Waals surface area contributed by atoms with Gasteiger partial charge in [0.05, 0.1) is 5.69 Å². The predicted octanol–water partition coefficient (Wildman–Crippen LogP) is 4.51. The van der Waals surface area contributed by atoms with Crippen molar-refractivity contribution in [3.05, 3.63) is 64.2 Å². The van der Waals surface area contributed by atoms with Gasteiger partial charge in [-0.2, -0.15) is 0 Å². The third-order valence-electron chi connectivity index (χ3n) is 2.51. The van der Waals surface area contributed by atoms with E-state index < -0.39 is 23.3 Å². The smallest absolute Gasteiger partial charge is 0.196 e. The van der Waals surface area contributed by atoms with Crippen molar-refractivity contribution in [2.75, 3.05) is 5.32 Å². The Hall–Kier alpha value is -1.75. The normalized spacial score (nSPS) is 10.6. The Balaban J connectivity index is 2.19. The highest BCUT2D eigenvalue weighted by molar-refractivity contribution is 6.30. The molecule has 0 radical (unpaired) electrons. The molecule has 0 fully saturated rings. The van der Waals surface area contributed by atoms with Crippen molar-refractivity contribution in [2.45, 2.75) is 6.54 Å². The van der Waals surface area contributed by atoms with E-state index >= 15 is 0 Å². The lowest BCUT2D eigenvalue weighted by Crippen LogP contribution is -2.05. The van der Waals surface area contributed by atoms with Crippen LogP contribution in [0.15, 0.2) is 30.3 Å². The van der Waals surface area contributed by atoms with Crippen LogP contribution >= 0.6 is 11.6 Å². The van der Waals surface area contributed by atoms with Crippen LogP contribution in [-0.2, 0) is 6.54 Å². The predicted molar refractivity (Wildman–Crippen MR) is 65.1 cm³/mol. The van der Waals surface area contributed by atoms with E-state index in [2.05, 4.69) is 5.32 Å². The fourth-order valence-electron chi connectivity index (χ4n) is 1.53. The molecule has 2 rings (SSSR count). The summed E-state index contributed by atoms with van der Waals surface area (Å²) >= 11 is 5.70. The molecule has 100 valence electrons. The highest BCUT2D eigenvalue weighted by atomic mass is 35.5. The molecule has 0 bridgehead atoms. The maximum absolute atomic E-state index is 13.4. The van der Waals surface area contributed by atoms with Gasteiger partial charge in [0.25, 0.3) is 0 Å². The molecule has 1 nitrogen and oxygen atoms in total. The average molecular weight is 290 g/mol. The number of hydrogen-bond acceptors (Lipinski definition) is 1. The molecule has 0 unspecified atom stereocenters. The third-order valence-corrected chi connectivity index (χ3v) is 2.75.